The molecule has 0 radical (unpaired) electrons. The molecule has 0 fully saturated rings. The first-order valence-electron chi connectivity index (χ1n) is 6.37. The third-order valence-corrected chi connectivity index (χ3v) is 3.74. The fourth-order valence-electron chi connectivity index (χ4n) is 1.26. The Morgan fingerprint density at radius 2 is 1.89 bits per heavy atom. The van der Waals surface area contributed by atoms with E-state index in [1.165, 1.54) is 0 Å². The summed E-state index contributed by atoms with van der Waals surface area (Å²) in [5, 5.41) is 6.71. The van der Waals surface area contributed by atoms with Gasteiger partial charge in [0.05, 0.1) is 0 Å². The van der Waals surface area contributed by atoms with Crippen LogP contribution in [0.1, 0.15) is 41.0 Å². The molecule has 4 nitrogen and oxygen atoms in total. The molecule has 102 valence electrons. The molecule has 1 atom stereocenters. The van der Waals surface area contributed by atoms with Gasteiger partial charge in [-0.25, -0.2) is 9.97 Å². The molecule has 1 rings (SSSR count). The number of aromatic nitrogens is 2. The predicted octanol–water partition coefficient (Wildman–Crippen LogP) is 3.91. The Hall–Kier alpha value is -0.840. The molecule has 0 aliphatic rings. The number of nitrogens with zero attached hydrogens (tertiary/aromatic N) is 2. The molecule has 1 heterocycles. The third kappa shape index (κ3) is 4.12. The van der Waals surface area contributed by atoms with E-state index < -0.39 is 0 Å². The summed E-state index contributed by atoms with van der Waals surface area (Å²) in [6, 6.07) is 0.322. The van der Waals surface area contributed by atoms with E-state index in [2.05, 4.69) is 71.2 Å². The van der Waals surface area contributed by atoms with Crippen molar-refractivity contribution in [3.05, 3.63) is 10.8 Å². The van der Waals surface area contributed by atoms with Crippen LogP contribution >= 0.6 is 15.9 Å². The summed E-state index contributed by atoms with van der Waals surface area (Å²) >= 11 is 3.56. The topological polar surface area (TPSA) is 49.8 Å². The molecule has 0 saturated carbocycles. The summed E-state index contributed by atoms with van der Waals surface area (Å²) in [5.74, 6) is 1.68. The maximum absolute atomic E-state index is 4.29. The Labute approximate surface area is 118 Å². The molecule has 5 heteroatoms. The summed E-state index contributed by atoms with van der Waals surface area (Å²) in [6.07, 6.45) is 2.65. The van der Waals surface area contributed by atoms with Crippen molar-refractivity contribution in [2.75, 3.05) is 17.2 Å². The average molecular weight is 315 g/mol. The van der Waals surface area contributed by atoms with Gasteiger partial charge in [0.25, 0.3) is 0 Å². The van der Waals surface area contributed by atoms with Gasteiger partial charge in [-0.1, -0.05) is 27.7 Å². The largest absolute Gasteiger partial charge is 0.369 e. The quantitative estimate of drug-likeness (QED) is 0.865. The van der Waals surface area contributed by atoms with Crippen LogP contribution in [0.3, 0.4) is 0 Å². The van der Waals surface area contributed by atoms with Crippen LogP contribution in [0.5, 0.6) is 0 Å². The van der Waals surface area contributed by atoms with E-state index in [4.69, 9.17) is 0 Å². The molecular formula is C13H23BrN4. The molecule has 0 aliphatic carbocycles. The van der Waals surface area contributed by atoms with Crippen molar-refractivity contribution in [3.63, 3.8) is 0 Å². The molecule has 0 spiro atoms. The van der Waals surface area contributed by atoms with Crippen molar-refractivity contribution in [2.45, 2.75) is 47.1 Å². The number of anilines is 2. The van der Waals surface area contributed by atoms with E-state index in [9.17, 15) is 0 Å². The molecule has 1 aromatic heterocycles. The van der Waals surface area contributed by atoms with Crippen LogP contribution in [0, 0.1) is 5.41 Å². The highest BCUT2D eigenvalue weighted by atomic mass is 79.9. The highest BCUT2D eigenvalue weighted by Gasteiger charge is 2.21. The number of hydrogen-bond acceptors (Lipinski definition) is 4. The fraction of sp³-hybridized carbons (Fsp3) is 0.692. The van der Waals surface area contributed by atoms with Gasteiger partial charge in [-0.15, -0.1) is 0 Å². The van der Waals surface area contributed by atoms with Crippen LogP contribution in [-0.4, -0.2) is 22.6 Å². The van der Waals surface area contributed by atoms with Gasteiger partial charge in [-0.2, -0.15) is 0 Å². The van der Waals surface area contributed by atoms with Crippen LogP contribution in [0.15, 0.2) is 10.8 Å². The molecule has 0 saturated heterocycles. The molecule has 18 heavy (non-hydrogen) atoms. The summed E-state index contributed by atoms with van der Waals surface area (Å²) in [5.41, 5.74) is 0.182. The van der Waals surface area contributed by atoms with E-state index in [0.717, 1.165) is 29.1 Å². The van der Waals surface area contributed by atoms with Gasteiger partial charge in [0.15, 0.2) is 0 Å². The lowest BCUT2D eigenvalue weighted by molar-refractivity contribution is 0.358. The highest BCUT2D eigenvalue weighted by Crippen LogP contribution is 2.29. The second-order valence-electron chi connectivity index (χ2n) is 5.54. The van der Waals surface area contributed by atoms with Crippen LogP contribution in [0.4, 0.5) is 11.6 Å². The first kappa shape index (κ1) is 15.2. The zero-order valence-electron chi connectivity index (χ0n) is 11.8. The average Bonchev–Trinajstić information content (AvgIpc) is 2.29. The smallest absolute Gasteiger partial charge is 0.146 e. The van der Waals surface area contributed by atoms with Crippen molar-refractivity contribution in [2.24, 2.45) is 5.41 Å². The summed E-state index contributed by atoms with van der Waals surface area (Å²) in [4.78, 5) is 8.53. The number of halogens is 1. The Balaban J connectivity index is 2.84. The molecule has 0 aromatic carbocycles. The molecule has 1 unspecified atom stereocenters. The minimum Gasteiger partial charge on any atom is -0.369 e. The lowest BCUT2D eigenvalue weighted by Crippen LogP contribution is -2.31. The standard InChI is InChI=1S/C13H23BrN4/c1-6-7-15-11-10(14)12(17-8-16-11)18-9(2)13(3,4)5/h8-9H,6-7H2,1-5H3,(H2,15,16,17,18). The highest BCUT2D eigenvalue weighted by molar-refractivity contribution is 9.10. The van der Waals surface area contributed by atoms with Gasteiger partial charge >= 0.3 is 0 Å². The first-order chi connectivity index (χ1) is 8.36. The van der Waals surface area contributed by atoms with Crippen molar-refractivity contribution in [3.8, 4) is 0 Å². The van der Waals surface area contributed by atoms with Gasteiger partial charge in [-0.05, 0) is 34.7 Å². The van der Waals surface area contributed by atoms with Crippen molar-refractivity contribution >= 4 is 27.6 Å². The van der Waals surface area contributed by atoms with Crippen molar-refractivity contribution in [1.29, 1.82) is 0 Å². The minimum atomic E-state index is 0.182. The van der Waals surface area contributed by atoms with Crippen LogP contribution < -0.4 is 10.6 Å². The SMILES string of the molecule is CCCNc1ncnc(NC(C)C(C)(C)C)c1Br. The Bertz CT molecular complexity index is 387. The molecule has 1 aromatic rings. The van der Waals surface area contributed by atoms with Gasteiger partial charge in [0.1, 0.15) is 22.4 Å². The Morgan fingerprint density at radius 3 is 2.44 bits per heavy atom. The van der Waals surface area contributed by atoms with Crippen LogP contribution in [-0.2, 0) is 0 Å². The van der Waals surface area contributed by atoms with Gasteiger partial charge < -0.3 is 10.6 Å². The zero-order valence-corrected chi connectivity index (χ0v) is 13.4. The second kappa shape index (κ2) is 6.36. The third-order valence-electron chi connectivity index (χ3n) is 2.98. The van der Waals surface area contributed by atoms with Crippen molar-refractivity contribution in [1.82, 2.24) is 9.97 Å². The van der Waals surface area contributed by atoms with Gasteiger partial charge in [-0.3, -0.25) is 0 Å². The van der Waals surface area contributed by atoms with Crippen LogP contribution in [0.2, 0.25) is 0 Å². The minimum absolute atomic E-state index is 0.182. The normalized spacial score (nSPS) is 13.2. The first-order valence-corrected chi connectivity index (χ1v) is 7.16. The number of rotatable bonds is 5. The molecule has 0 amide bonds. The molecule has 0 aliphatic heterocycles. The zero-order chi connectivity index (χ0) is 13.8. The van der Waals surface area contributed by atoms with Gasteiger partial charge in [0.2, 0.25) is 0 Å². The van der Waals surface area contributed by atoms with E-state index in [1.807, 2.05) is 0 Å². The van der Waals surface area contributed by atoms with E-state index >= 15 is 0 Å². The Kier molecular flexibility index (Phi) is 5.38. The lowest BCUT2D eigenvalue weighted by Gasteiger charge is -2.29. The molecule has 0 bridgehead atoms. The monoisotopic (exact) mass is 314 g/mol. The maximum Gasteiger partial charge on any atom is 0.146 e. The summed E-state index contributed by atoms with van der Waals surface area (Å²) < 4.78 is 0.898. The Morgan fingerprint density at radius 1 is 1.28 bits per heavy atom. The maximum atomic E-state index is 4.29. The fourth-order valence-corrected chi connectivity index (χ4v) is 1.72. The molecule has 2 N–H and O–H groups in total. The van der Waals surface area contributed by atoms with E-state index in [-0.39, 0.29) is 5.41 Å². The number of nitrogens with one attached hydrogen (secondary N) is 2. The number of hydrogen-bond donors (Lipinski definition) is 2. The summed E-state index contributed by atoms with van der Waals surface area (Å²) in [6.45, 7) is 11.8. The van der Waals surface area contributed by atoms with E-state index in [0.29, 0.717) is 6.04 Å². The summed E-state index contributed by atoms with van der Waals surface area (Å²) in [7, 11) is 0. The van der Waals surface area contributed by atoms with E-state index in [1.54, 1.807) is 6.33 Å². The molecular weight excluding hydrogens is 292 g/mol. The van der Waals surface area contributed by atoms with Crippen LogP contribution in [0.25, 0.3) is 0 Å². The van der Waals surface area contributed by atoms with Gasteiger partial charge in [0, 0.05) is 12.6 Å². The predicted molar refractivity (Wildman–Crippen MR) is 81.1 cm³/mol. The lowest BCUT2D eigenvalue weighted by atomic mass is 9.88. The van der Waals surface area contributed by atoms with Crippen molar-refractivity contribution < 1.29 is 0 Å². The second-order valence-corrected chi connectivity index (χ2v) is 6.34.